The van der Waals surface area contributed by atoms with Crippen LogP contribution in [0.3, 0.4) is 0 Å². The molecule has 0 aliphatic heterocycles. The zero-order valence-electron chi connectivity index (χ0n) is 8.50. The molecule has 0 atom stereocenters. The van der Waals surface area contributed by atoms with Gasteiger partial charge in [0.2, 0.25) is 0 Å². The minimum atomic E-state index is -0.433. The normalized spacial score (nSPS) is 9.64. The zero-order chi connectivity index (χ0) is 10.6. The van der Waals surface area contributed by atoms with E-state index in [-0.39, 0.29) is 0 Å². The lowest BCUT2D eigenvalue weighted by atomic mass is 10.3. The van der Waals surface area contributed by atoms with Gasteiger partial charge in [-0.25, -0.2) is 14.8 Å². The largest absolute Gasteiger partial charge is 0.465 e. The molecule has 0 bridgehead atoms. The maximum Gasteiger partial charge on any atom is 0.343 e. The highest BCUT2D eigenvalue weighted by Gasteiger charge is 2.13. The minimum absolute atomic E-state index is 0.354. The molecule has 0 aliphatic carbocycles. The highest BCUT2D eigenvalue weighted by molar-refractivity contribution is 5.94. The van der Waals surface area contributed by atoms with Gasteiger partial charge in [-0.3, -0.25) is 0 Å². The molecule has 76 valence electrons. The van der Waals surface area contributed by atoms with E-state index in [1.807, 2.05) is 6.92 Å². The van der Waals surface area contributed by atoms with Crippen LogP contribution in [0.15, 0.2) is 6.20 Å². The van der Waals surface area contributed by atoms with E-state index in [0.29, 0.717) is 17.2 Å². The number of hydrogen-bond donors (Lipinski definition) is 1. The summed E-state index contributed by atoms with van der Waals surface area (Å²) < 4.78 is 4.59. The first-order valence-corrected chi connectivity index (χ1v) is 4.34. The molecule has 0 fully saturated rings. The molecule has 0 saturated heterocycles. The molecule has 1 rings (SSSR count). The molecule has 0 unspecified atom stereocenters. The maximum absolute atomic E-state index is 11.3. The van der Waals surface area contributed by atoms with E-state index in [2.05, 4.69) is 20.0 Å². The summed E-state index contributed by atoms with van der Waals surface area (Å²) >= 11 is 0. The second kappa shape index (κ2) is 4.55. The highest BCUT2D eigenvalue weighted by atomic mass is 16.5. The Hall–Kier alpha value is -1.65. The van der Waals surface area contributed by atoms with Crippen LogP contribution in [0.4, 0.5) is 5.82 Å². The van der Waals surface area contributed by atoms with Crippen LogP contribution >= 0.6 is 0 Å². The van der Waals surface area contributed by atoms with E-state index >= 15 is 0 Å². The van der Waals surface area contributed by atoms with Crippen molar-refractivity contribution < 1.29 is 9.53 Å². The molecule has 0 saturated carbocycles. The number of aryl methyl sites for hydroxylation is 1. The maximum atomic E-state index is 11.3. The van der Waals surface area contributed by atoms with E-state index in [4.69, 9.17) is 0 Å². The Bertz CT molecular complexity index is 339. The molecule has 1 heterocycles. The van der Waals surface area contributed by atoms with Crippen molar-refractivity contribution in [1.82, 2.24) is 9.97 Å². The van der Waals surface area contributed by atoms with Gasteiger partial charge < -0.3 is 10.1 Å². The summed E-state index contributed by atoms with van der Waals surface area (Å²) in [6.45, 7) is 1.95. The fourth-order valence-electron chi connectivity index (χ4n) is 1.04. The summed E-state index contributed by atoms with van der Waals surface area (Å²) in [6, 6.07) is 0. The lowest BCUT2D eigenvalue weighted by Crippen LogP contribution is -2.10. The first-order chi connectivity index (χ1) is 6.72. The molecular formula is C9H13N3O2. The number of carbonyl (C=O) groups is 1. The van der Waals surface area contributed by atoms with Gasteiger partial charge in [-0.15, -0.1) is 0 Å². The van der Waals surface area contributed by atoms with Crippen molar-refractivity contribution >= 4 is 11.8 Å². The van der Waals surface area contributed by atoms with Crippen molar-refractivity contribution in [3.63, 3.8) is 0 Å². The van der Waals surface area contributed by atoms with Crippen molar-refractivity contribution in [3.05, 3.63) is 17.6 Å². The second-order valence-electron chi connectivity index (χ2n) is 2.64. The molecule has 0 aromatic carbocycles. The lowest BCUT2D eigenvalue weighted by molar-refractivity contribution is 0.0601. The average Bonchev–Trinajstić information content (AvgIpc) is 2.27. The molecule has 5 heteroatoms. The number of nitrogens with one attached hydrogen (secondary N) is 1. The van der Waals surface area contributed by atoms with Crippen LogP contribution in [0.1, 0.15) is 23.1 Å². The number of esters is 1. The Morgan fingerprint density at radius 2 is 2.36 bits per heavy atom. The third kappa shape index (κ3) is 1.99. The van der Waals surface area contributed by atoms with E-state index in [1.54, 1.807) is 7.05 Å². The first-order valence-electron chi connectivity index (χ1n) is 4.34. The Balaban J connectivity index is 3.11. The van der Waals surface area contributed by atoms with Crippen LogP contribution in [0.25, 0.3) is 0 Å². The van der Waals surface area contributed by atoms with Gasteiger partial charge in [0.25, 0.3) is 0 Å². The SMILES string of the molecule is CCc1ncc(C(=O)OC)c(NC)n1. The van der Waals surface area contributed by atoms with Gasteiger partial charge in [0.1, 0.15) is 17.2 Å². The predicted molar refractivity (Wildman–Crippen MR) is 52.3 cm³/mol. The molecule has 0 amide bonds. The monoisotopic (exact) mass is 195 g/mol. The number of anilines is 1. The first kappa shape index (κ1) is 10.4. The number of hydrogen-bond acceptors (Lipinski definition) is 5. The number of rotatable bonds is 3. The molecule has 5 nitrogen and oxygen atoms in total. The summed E-state index contributed by atoms with van der Waals surface area (Å²) in [5, 5.41) is 2.83. The minimum Gasteiger partial charge on any atom is -0.465 e. The Labute approximate surface area is 82.5 Å². The van der Waals surface area contributed by atoms with Crippen LogP contribution in [-0.4, -0.2) is 30.1 Å². The van der Waals surface area contributed by atoms with Crippen molar-refractivity contribution in [2.24, 2.45) is 0 Å². The molecule has 1 aromatic heterocycles. The van der Waals surface area contributed by atoms with Gasteiger partial charge in [-0.2, -0.15) is 0 Å². The Morgan fingerprint density at radius 1 is 1.64 bits per heavy atom. The van der Waals surface area contributed by atoms with E-state index in [9.17, 15) is 4.79 Å². The molecular weight excluding hydrogens is 182 g/mol. The smallest absolute Gasteiger partial charge is 0.343 e. The number of aromatic nitrogens is 2. The van der Waals surface area contributed by atoms with Crippen molar-refractivity contribution in [2.75, 3.05) is 19.5 Å². The predicted octanol–water partition coefficient (Wildman–Crippen LogP) is 0.867. The number of ether oxygens (including phenoxy) is 1. The Kier molecular flexibility index (Phi) is 3.39. The zero-order valence-corrected chi connectivity index (χ0v) is 8.50. The van der Waals surface area contributed by atoms with Crippen LogP contribution in [0, 0.1) is 0 Å². The molecule has 0 aliphatic rings. The Morgan fingerprint density at radius 3 is 2.86 bits per heavy atom. The second-order valence-corrected chi connectivity index (χ2v) is 2.64. The van der Waals surface area contributed by atoms with Gasteiger partial charge in [0.15, 0.2) is 0 Å². The molecule has 0 radical (unpaired) electrons. The van der Waals surface area contributed by atoms with Gasteiger partial charge in [0.05, 0.1) is 7.11 Å². The molecule has 1 N–H and O–H groups in total. The van der Waals surface area contributed by atoms with Crippen LogP contribution in [-0.2, 0) is 11.2 Å². The summed E-state index contributed by atoms with van der Waals surface area (Å²) in [7, 11) is 3.03. The van der Waals surface area contributed by atoms with Crippen LogP contribution in [0.2, 0.25) is 0 Å². The van der Waals surface area contributed by atoms with Crippen molar-refractivity contribution in [2.45, 2.75) is 13.3 Å². The summed E-state index contributed by atoms with van der Waals surface area (Å²) in [6.07, 6.45) is 2.21. The average molecular weight is 195 g/mol. The molecule has 1 aromatic rings. The number of carbonyl (C=O) groups excluding carboxylic acids is 1. The van der Waals surface area contributed by atoms with Crippen molar-refractivity contribution in [3.8, 4) is 0 Å². The fraction of sp³-hybridized carbons (Fsp3) is 0.444. The quantitative estimate of drug-likeness (QED) is 0.725. The van der Waals surface area contributed by atoms with Crippen LogP contribution < -0.4 is 5.32 Å². The number of nitrogens with zero attached hydrogens (tertiary/aromatic N) is 2. The number of methoxy groups -OCH3 is 1. The van der Waals surface area contributed by atoms with Gasteiger partial charge in [-0.05, 0) is 0 Å². The van der Waals surface area contributed by atoms with E-state index < -0.39 is 5.97 Å². The van der Waals surface area contributed by atoms with Gasteiger partial charge >= 0.3 is 5.97 Å². The fourth-order valence-corrected chi connectivity index (χ4v) is 1.04. The summed E-state index contributed by atoms with van der Waals surface area (Å²) in [5.74, 6) is 0.766. The van der Waals surface area contributed by atoms with E-state index in [1.165, 1.54) is 13.3 Å². The van der Waals surface area contributed by atoms with E-state index in [0.717, 1.165) is 6.42 Å². The summed E-state index contributed by atoms with van der Waals surface area (Å²) in [4.78, 5) is 19.4. The molecule has 0 spiro atoms. The topological polar surface area (TPSA) is 64.1 Å². The third-order valence-electron chi connectivity index (χ3n) is 1.80. The van der Waals surface area contributed by atoms with Gasteiger partial charge in [0, 0.05) is 19.7 Å². The highest BCUT2D eigenvalue weighted by Crippen LogP contribution is 2.12. The van der Waals surface area contributed by atoms with Crippen LogP contribution in [0.5, 0.6) is 0 Å². The standard InChI is InChI=1S/C9H13N3O2/c1-4-7-11-5-6(9(13)14-3)8(10-2)12-7/h5H,4H2,1-3H3,(H,10,11,12). The van der Waals surface area contributed by atoms with Gasteiger partial charge in [-0.1, -0.05) is 6.92 Å². The lowest BCUT2D eigenvalue weighted by Gasteiger charge is -2.06. The van der Waals surface area contributed by atoms with Crippen molar-refractivity contribution in [1.29, 1.82) is 0 Å². The third-order valence-corrected chi connectivity index (χ3v) is 1.80. The summed E-state index contributed by atoms with van der Waals surface area (Å²) in [5.41, 5.74) is 0.354. The molecule has 14 heavy (non-hydrogen) atoms.